The number of Topliss-reactive ketones (excluding diaryl/α,β-unsaturated/α-hetero) is 1. The molecule has 0 N–H and O–H groups in total. The smallest absolute Gasteiger partial charge is 0.357 e. The first kappa shape index (κ1) is 17.9. The molecule has 0 aliphatic heterocycles. The number of carbonyl (C=O) groups excluding carboxylic acids is 2. The molecule has 0 bridgehead atoms. The van der Waals surface area contributed by atoms with Gasteiger partial charge >= 0.3 is 5.97 Å². The average molecular weight is 369 g/mol. The zero-order chi connectivity index (χ0) is 18.7. The molecule has 2 heterocycles. The molecule has 1 aromatic carbocycles. The van der Waals surface area contributed by atoms with Crippen molar-refractivity contribution in [3.8, 4) is 5.69 Å². The number of benzene rings is 1. The van der Waals surface area contributed by atoms with Crippen molar-refractivity contribution in [2.24, 2.45) is 0 Å². The van der Waals surface area contributed by atoms with Crippen molar-refractivity contribution in [2.75, 3.05) is 6.61 Å². The summed E-state index contributed by atoms with van der Waals surface area (Å²) in [4.78, 5) is 28.4. The zero-order valence-electron chi connectivity index (χ0n) is 14.4. The number of rotatable bonds is 5. The second kappa shape index (κ2) is 7.54. The van der Waals surface area contributed by atoms with Crippen LogP contribution in [0.5, 0.6) is 0 Å². The van der Waals surface area contributed by atoms with E-state index < -0.39 is 5.97 Å². The number of nitrogens with zero attached hydrogens (tertiary/aromatic N) is 2. The van der Waals surface area contributed by atoms with Crippen LogP contribution in [-0.2, 0) is 4.74 Å². The largest absolute Gasteiger partial charge is 0.453 e. The van der Waals surface area contributed by atoms with Gasteiger partial charge in [-0.2, -0.15) is 0 Å². The Hall–Kier alpha value is -2.92. The second-order valence-corrected chi connectivity index (χ2v) is 6.25. The molecule has 0 fully saturated rings. The number of pyridine rings is 1. The summed E-state index contributed by atoms with van der Waals surface area (Å²) in [6.45, 7) is 3.42. The minimum atomic E-state index is -0.623. The summed E-state index contributed by atoms with van der Waals surface area (Å²) in [5.41, 5.74) is 3.21. The Morgan fingerprint density at radius 3 is 2.62 bits per heavy atom. The molecule has 0 spiro atoms. The molecule has 0 saturated carbocycles. The predicted molar refractivity (Wildman–Crippen MR) is 99.1 cm³/mol. The molecule has 6 heteroatoms. The molecule has 3 rings (SSSR count). The molecule has 26 heavy (non-hydrogen) atoms. The topological polar surface area (TPSA) is 61.2 Å². The minimum Gasteiger partial charge on any atom is -0.453 e. The summed E-state index contributed by atoms with van der Waals surface area (Å²) in [7, 11) is 0. The maximum Gasteiger partial charge on any atom is 0.357 e. The highest BCUT2D eigenvalue weighted by atomic mass is 35.5. The van der Waals surface area contributed by atoms with Gasteiger partial charge in [0.25, 0.3) is 0 Å². The summed E-state index contributed by atoms with van der Waals surface area (Å²) < 4.78 is 7.04. The number of hydrogen-bond donors (Lipinski definition) is 0. The molecule has 0 radical (unpaired) electrons. The van der Waals surface area contributed by atoms with Crippen molar-refractivity contribution in [1.29, 1.82) is 0 Å². The van der Waals surface area contributed by atoms with Gasteiger partial charge in [0.2, 0.25) is 5.78 Å². The molecule has 3 aromatic rings. The Kier molecular flexibility index (Phi) is 5.19. The standard InChI is InChI=1S/C20H17ClN2O3/c1-13-10-17(14(2)23(13)16-7-5-6-15(21)11-16)19(24)12-26-20(25)18-8-3-4-9-22-18/h3-11H,12H2,1-2H3. The highest BCUT2D eigenvalue weighted by Crippen LogP contribution is 2.23. The van der Waals surface area contributed by atoms with Crippen molar-refractivity contribution in [1.82, 2.24) is 9.55 Å². The predicted octanol–water partition coefficient (Wildman–Crippen LogP) is 4.18. The molecule has 0 unspecified atom stereocenters. The van der Waals surface area contributed by atoms with Crippen molar-refractivity contribution in [2.45, 2.75) is 13.8 Å². The van der Waals surface area contributed by atoms with Crippen molar-refractivity contribution < 1.29 is 14.3 Å². The third-order valence-electron chi connectivity index (χ3n) is 4.01. The van der Waals surface area contributed by atoms with Crippen molar-refractivity contribution in [3.05, 3.63) is 82.4 Å². The number of ketones is 1. The van der Waals surface area contributed by atoms with Gasteiger partial charge in [-0.3, -0.25) is 4.79 Å². The molecular formula is C20H17ClN2O3. The maximum atomic E-state index is 12.5. The van der Waals surface area contributed by atoms with E-state index in [2.05, 4.69) is 4.98 Å². The number of halogens is 1. The molecule has 132 valence electrons. The van der Waals surface area contributed by atoms with E-state index in [1.165, 1.54) is 12.3 Å². The summed E-state index contributed by atoms with van der Waals surface area (Å²) in [6.07, 6.45) is 1.50. The molecular weight excluding hydrogens is 352 g/mol. The molecule has 0 saturated heterocycles. The van der Waals surface area contributed by atoms with Crippen molar-refractivity contribution in [3.63, 3.8) is 0 Å². The Balaban J connectivity index is 1.78. The van der Waals surface area contributed by atoms with Crippen LogP contribution < -0.4 is 0 Å². The first-order chi connectivity index (χ1) is 12.5. The number of hydrogen-bond acceptors (Lipinski definition) is 4. The fourth-order valence-electron chi connectivity index (χ4n) is 2.82. The summed E-state index contributed by atoms with van der Waals surface area (Å²) in [6, 6.07) is 14.1. The third-order valence-corrected chi connectivity index (χ3v) is 4.24. The third kappa shape index (κ3) is 3.68. The molecule has 2 aromatic heterocycles. The van der Waals surface area contributed by atoms with Crippen LogP contribution in [0.3, 0.4) is 0 Å². The Morgan fingerprint density at radius 2 is 1.92 bits per heavy atom. The lowest BCUT2D eigenvalue weighted by molar-refractivity contribution is 0.0468. The number of aromatic nitrogens is 2. The summed E-state index contributed by atoms with van der Waals surface area (Å²) in [5.74, 6) is -0.891. The maximum absolute atomic E-state index is 12.5. The van der Waals surface area contributed by atoms with Crippen LogP contribution >= 0.6 is 11.6 Å². The molecule has 0 aliphatic carbocycles. The number of ether oxygens (including phenoxy) is 1. The highest BCUT2D eigenvalue weighted by Gasteiger charge is 2.19. The van der Waals surface area contributed by atoms with Gasteiger partial charge < -0.3 is 9.30 Å². The first-order valence-corrected chi connectivity index (χ1v) is 8.41. The lowest BCUT2D eigenvalue weighted by Crippen LogP contribution is -2.15. The van der Waals surface area contributed by atoms with Crippen LogP contribution in [0, 0.1) is 13.8 Å². The van der Waals surface area contributed by atoms with Gasteiger partial charge in [0.15, 0.2) is 6.61 Å². The van der Waals surface area contributed by atoms with E-state index in [-0.39, 0.29) is 18.1 Å². The van der Waals surface area contributed by atoms with Gasteiger partial charge in [-0.25, -0.2) is 9.78 Å². The van der Waals surface area contributed by atoms with E-state index >= 15 is 0 Å². The van der Waals surface area contributed by atoms with E-state index in [0.717, 1.165) is 17.1 Å². The Bertz CT molecular complexity index is 964. The summed E-state index contributed by atoms with van der Waals surface area (Å²) >= 11 is 6.07. The van der Waals surface area contributed by atoms with Crippen LogP contribution in [0.25, 0.3) is 5.69 Å². The lowest BCUT2D eigenvalue weighted by Gasteiger charge is -2.10. The van der Waals surface area contributed by atoms with Gasteiger partial charge in [-0.05, 0) is 50.2 Å². The lowest BCUT2D eigenvalue weighted by atomic mass is 10.1. The molecule has 0 amide bonds. The second-order valence-electron chi connectivity index (χ2n) is 5.81. The van der Waals surface area contributed by atoms with Crippen LogP contribution in [-0.4, -0.2) is 27.9 Å². The van der Waals surface area contributed by atoms with Gasteiger partial charge in [-0.1, -0.05) is 23.7 Å². The SMILES string of the molecule is Cc1cc(C(=O)COC(=O)c2ccccn2)c(C)n1-c1cccc(Cl)c1. The highest BCUT2D eigenvalue weighted by molar-refractivity contribution is 6.30. The normalized spacial score (nSPS) is 10.6. The monoisotopic (exact) mass is 368 g/mol. The average Bonchev–Trinajstić information content (AvgIpc) is 2.94. The first-order valence-electron chi connectivity index (χ1n) is 8.03. The molecule has 5 nitrogen and oxygen atoms in total. The molecule has 0 aliphatic rings. The van der Waals surface area contributed by atoms with Crippen LogP contribution in [0.1, 0.15) is 32.2 Å². The summed E-state index contributed by atoms with van der Waals surface area (Å²) in [5, 5.41) is 0.618. The van der Waals surface area contributed by atoms with Gasteiger partial charge in [0, 0.05) is 33.9 Å². The van der Waals surface area contributed by atoms with E-state index in [4.69, 9.17) is 16.3 Å². The fourth-order valence-corrected chi connectivity index (χ4v) is 3.01. The Labute approximate surface area is 156 Å². The van der Waals surface area contributed by atoms with Crippen LogP contribution in [0.4, 0.5) is 0 Å². The van der Waals surface area contributed by atoms with Gasteiger partial charge in [0.05, 0.1) is 0 Å². The Morgan fingerprint density at radius 1 is 1.12 bits per heavy atom. The fraction of sp³-hybridized carbons (Fsp3) is 0.150. The number of carbonyl (C=O) groups is 2. The van der Waals surface area contributed by atoms with E-state index in [1.807, 2.05) is 36.6 Å². The van der Waals surface area contributed by atoms with Crippen LogP contribution in [0.15, 0.2) is 54.7 Å². The van der Waals surface area contributed by atoms with E-state index in [1.54, 1.807) is 24.3 Å². The van der Waals surface area contributed by atoms with E-state index in [0.29, 0.717) is 10.6 Å². The zero-order valence-corrected chi connectivity index (χ0v) is 15.2. The van der Waals surface area contributed by atoms with Crippen molar-refractivity contribution >= 4 is 23.4 Å². The molecule has 0 atom stereocenters. The van der Waals surface area contributed by atoms with E-state index in [9.17, 15) is 9.59 Å². The van der Waals surface area contributed by atoms with Gasteiger partial charge in [0.1, 0.15) is 5.69 Å². The van der Waals surface area contributed by atoms with Crippen LogP contribution in [0.2, 0.25) is 5.02 Å². The van der Waals surface area contributed by atoms with Gasteiger partial charge in [-0.15, -0.1) is 0 Å². The number of esters is 1. The minimum absolute atomic E-state index is 0.171. The quantitative estimate of drug-likeness (QED) is 0.500. The number of aryl methyl sites for hydroxylation is 1.